The molecule has 0 saturated carbocycles. The van der Waals surface area contributed by atoms with Crippen LogP contribution >= 0.6 is 0 Å². The third kappa shape index (κ3) is 2.76. The van der Waals surface area contributed by atoms with Crippen LogP contribution in [0.5, 0.6) is 11.5 Å². The molecule has 3 rings (SSSR count). The van der Waals surface area contributed by atoms with Crippen LogP contribution in [-0.4, -0.2) is 18.4 Å². The van der Waals surface area contributed by atoms with Crippen molar-refractivity contribution in [3.8, 4) is 11.5 Å². The molecule has 0 aliphatic carbocycles. The van der Waals surface area contributed by atoms with E-state index in [4.69, 9.17) is 4.74 Å². The van der Waals surface area contributed by atoms with Gasteiger partial charge in [-0.05, 0) is 43.3 Å². The molecule has 3 heteroatoms. The average Bonchev–Trinajstić information content (AvgIpc) is 2.87. The molecule has 2 aromatic carbocycles. The highest BCUT2D eigenvalue weighted by atomic mass is 16.5. The van der Waals surface area contributed by atoms with Crippen LogP contribution in [0.4, 0.5) is 0 Å². The molecule has 1 aliphatic rings. The van der Waals surface area contributed by atoms with E-state index in [1.165, 1.54) is 0 Å². The van der Waals surface area contributed by atoms with Crippen molar-refractivity contribution in [3.63, 3.8) is 0 Å². The summed E-state index contributed by atoms with van der Waals surface area (Å²) in [6.07, 6.45) is 0. The second kappa shape index (κ2) is 5.14. The zero-order valence-electron chi connectivity index (χ0n) is 10.8. The van der Waals surface area contributed by atoms with Gasteiger partial charge in [0.2, 0.25) is 0 Å². The van der Waals surface area contributed by atoms with E-state index < -0.39 is 0 Å². The largest absolute Gasteiger partial charge is 0.457 e. The summed E-state index contributed by atoms with van der Waals surface area (Å²) in [7, 11) is 0. The van der Waals surface area contributed by atoms with Crippen molar-refractivity contribution < 1.29 is 4.74 Å². The first kappa shape index (κ1) is 11.8. The molecule has 0 radical (unpaired) electrons. The van der Waals surface area contributed by atoms with Gasteiger partial charge in [-0.3, -0.25) is 4.99 Å². The maximum atomic E-state index is 5.76. The van der Waals surface area contributed by atoms with Crippen LogP contribution in [0.3, 0.4) is 0 Å². The Bertz CT molecular complexity index is 575. The maximum absolute atomic E-state index is 5.76. The van der Waals surface area contributed by atoms with Crippen LogP contribution in [0.25, 0.3) is 0 Å². The van der Waals surface area contributed by atoms with Crippen LogP contribution in [0.2, 0.25) is 0 Å². The van der Waals surface area contributed by atoms with Crippen LogP contribution in [-0.2, 0) is 0 Å². The smallest absolute Gasteiger partial charge is 0.128 e. The zero-order chi connectivity index (χ0) is 13.1. The fraction of sp³-hybridized carbons (Fsp3) is 0.188. The SMILES string of the molecule is CC1CN=C(c2ccc(Oc3ccccc3)cc2)N1. The summed E-state index contributed by atoms with van der Waals surface area (Å²) in [6.45, 7) is 2.97. The summed E-state index contributed by atoms with van der Waals surface area (Å²) in [4.78, 5) is 4.47. The molecule has 3 nitrogen and oxygen atoms in total. The molecule has 0 spiro atoms. The maximum Gasteiger partial charge on any atom is 0.128 e. The number of ether oxygens (including phenoxy) is 1. The lowest BCUT2D eigenvalue weighted by Crippen LogP contribution is -2.27. The highest BCUT2D eigenvalue weighted by Gasteiger charge is 2.13. The molecule has 1 N–H and O–H groups in total. The highest BCUT2D eigenvalue weighted by Crippen LogP contribution is 2.21. The number of hydrogen-bond acceptors (Lipinski definition) is 3. The minimum atomic E-state index is 0.426. The number of nitrogens with one attached hydrogen (secondary N) is 1. The Morgan fingerprint density at radius 2 is 1.68 bits per heavy atom. The molecule has 0 aromatic heterocycles. The van der Waals surface area contributed by atoms with E-state index in [9.17, 15) is 0 Å². The van der Waals surface area contributed by atoms with Gasteiger partial charge >= 0.3 is 0 Å². The lowest BCUT2D eigenvalue weighted by atomic mass is 10.2. The zero-order valence-corrected chi connectivity index (χ0v) is 10.8. The number of nitrogens with zero attached hydrogens (tertiary/aromatic N) is 1. The molecule has 19 heavy (non-hydrogen) atoms. The summed E-state index contributed by atoms with van der Waals surface area (Å²) in [6, 6.07) is 18.2. The Hall–Kier alpha value is -2.29. The molecule has 0 fully saturated rings. The van der Waals surface area contributed by atoms with E-state index >= 15 is 0 Å². The summed E-state index contributed by atoms with van der Waals surface area (Å²) in [5.41, 5.74) is 1.10. The van der Waals surface area contributed by atoms with Crippen LogP contribution in [0.15, 0.2) is 59.6 Å². The standard InChI is InChI=1S/C16H16N2O/c1-12-11-17-16(18-12)13-7-9-15(10-8-13)19-14-5-3-2-4-6-14/h2-10,12H,11H2,1H3,(H,17,18). The predicted molar refractivity (Wildman–Crippen MR) is 77.0 cm³/mol. The molecule has 96 valence electrons. The minimum Gasteiger partial charge on any atom is -0.457 e. The molecular formula is C16H16N2O. The molecule has 1 aliphatic heterocycles. The van der Waals surface area contributed by atoms with E-state index in [0.29, 0.717) is 6.04 Å². The average molecular weight is 252 g/mol. The van der Waals surface area contributed by atoms with Crippen molar-refractivity contribution in [2.24, 2.45) is 4.99 Å². The summed E-state index contributed by atoms with van der Waals surface area (Å²) >= 11 is 0. The molecule has 0 amide bonds. The highest BCUT2D eigenvalue weighted by molar-refractivity contribution is 6.00. The molecular weight excluding hydrogens is 236 g/mol. The van der Waals surface area contributed by atoms with Crippen molar-refractivity contribution in [2.45, 2.75) is 13.0 Å². The van der Waals surface area contributed by atoms with E-state index in [2.05, 4.69) is 17.2 Å². The number of para-hydroxylation sites is 1. The normalized spacial score (nSPS) is 17.7. The number of benzene rings is 2. The van der Waals surface area contributed by atoms with Gasteiger partial charge in [0.05, 0.1) is 6.54 Å². The van der Waals surface area contributed by atoms with Crippen molar-refractivity contribution in [3.05, 3.63) is 60.2 Å². The van der Waals surface area contributed by atoms with Gasteiger partial charge in [-0.25, -0.2) is 0 Å². The number of rotatable bonds is 3. The molecule has 1 unspecified atom stereocenters. The molecule has 2 aromatic rings. The minimum absolute atomic E-state index is 0.426. The van der Waals surface area contributed by atoms with Gasteiger partial charge in [0.25, 0.3) is 0 Å². The van der Waals surface area contributed by atoms with Gasteiger partial charge in [-0.2, -0.15) is 0 Å². The van der Waals surface area contributed by atoms with Crippen molar-refractivity contribution in [1.29, 1.82) is 0 Å². The monoisotopic (exact) mass is 252 g/mol. The van der Waals surface area contributed by atoms with Gasteiger partial charge in [0.1, 0.15) is 17.3 Å². The fourth-order valence-corrected chi connectivity index (χ4v) is 2.03. The predicted octanol–water partition coefficient (Wildman–Crippen LogP) is 3.22. The molecule has 1 atom stereocenters. The first-order valence-electron chi connectivity index (χ1n) is 6.45. The van der Waals surface area contributed by atoms with Gasteiger partial charge in [-0.15, -0.1) is 0 Å². The van der Waals surface area contributed by atoms with Crippen molar-refractivity contribution in [1.82, 2.24) is 5.32 Å². The number of amidine groups is 1. The summed E-state index contributed by atoms with van der Waals surface area (Å²) in [5, 5.41) is 3.35. The summed E-state index contributed by atoms with van der Waals surface area (Å²) in [5.74, 6) is 2.65. The van der Waals surface area contributed by atoms with Crippen LogP contribution in [0.1, 0.15) is 12.5 Å². The Balaban J connectivity index is 1.73. The van der Waals surface area contributed by atoms with Gasteiger partial charge < -0.3 is 10.1 Å². The molecule has 0 bridgehead atoms. The van der Waals surface area contributed by atoms with Gasteiger partial charge in [0.15, 0.2) is 0 Å². The third-order valence-corrected chi connectivity index (χ3v) is 3.01. The van der Waals surface area contributed by atoms with E-state index in [0.717, 1.165) is 29.4 Å². The van der Waals surface area contributed by atoms with Crippen molar-refractivity contribution in [2.75, 3.05) is 6.54 Å². The quantitative estimate of drug-likeness (QED) is 0.910. The number of hydrogen-bond donors (Lipinski definition) is 1. The topological polar surface area (TPSA) is 33.6 Å². The van der Waals surface area contributed by atoms with Crippen molar-refractivity contribution >= 4 is 5.84 Å². The van der Waals surface area contributed by atoms with E-state index in [1.54, 1.807) is 0 Å². The van der Waals surface area contributed by atoms with E-state index in [-0.39, 0.29) is 0 Å². The van der Waals surface area contributed by atoms with Gasteiger partial charge in [0, 0.05) is 11.6 Å². The first-order valence-corrected chi connectivity index (χ1v) is 6.45. The number of aliphatic imine (C=N–C) groups is 1. The van der Waals surface area contributed by atoms with E-state index in [1.807, 2.05) is 54.6 Å². The Morgan fingerprint density at radius 3 is 2.32 bits per heavy atom. The fourth-order valence-electron chi connectivity index (χ4n) is 2.03. The lowest BCUT2D eigenvalue weighted by molar-refractivity contribution is 0.482. The summed E-state index contributed by atoms with van der Waals surface area (Å²) < 4.78 is 5.76. The Labute approximate surface area is 113 Å². The third-order valence-electron chi connectivity index (χ3n) is 3.01. The Morgan fingerprint density at radius 1 is 1.00 bits per heavy atom. The first-order chi connectivity index (χ1) is 9.31. The van der Waals surface area contributed by atoms with Gasteiger partial charge in [-0.1, -0.05) is 18.2 Å². The second-order valence-electron chi connectivity index (χ2n) is 4.67. The lowest BCUT2D eigenvalue weighted by Gasteiger charge is -2.08. The van der Waals surface area contributed by atoms with Crippen LogP contribution in [0, 0.1) is 0 Å². The van der Waals surface area contributed by atoms with Crippen LogP contribution < -0.4 is 10.1 Å². The molecule has 1 heterocycles. The Kier molecular flexibility index (Phi) is 3.19. The second-order valence-corrected chi connectivity index (χ2v) is 4.67. The molecule has 0 saturated heterocycles.